The van der Waals surface area contributed by atoms with Gasteiger partial charge in [-0.2, -0.15) is 4.80 Å². The summed E-state index contributed by atoms with van der Waals surface area (Å²) >= 11 is 5.96. The molecule has 0 spiro atoms. The maximum absolute atomic E-state index is 13.6. The molecular weight excluding hydrogens is 496 g/mol. The van der Waals surface area contributed by atoms with Gasteiger partial charge in [0.25, 0.3) is 0 Å². The third kappa shape index (κ3) is 8.26. The summed E-state index contributed by atoms with van der Waals surface area (Å²) in [5.41, 5.74) is 0.758. The Hall–Kier alpha value is -3.50. The van der Waals surface area contributed by atoms with Crippen LogP contribution < -0.4 is 5.32 Å². The largest absolute Gasteiger partial charge is 0.508 e. The minimum absolute atomic E-state index is 0.0643. The fourth-order valence-electron chi connectivity index (χ4n) is 3.68. The van der Waals surface area contributed by atoms with Crippen LogP contribution in [-0.2, 0) is 20.9 Å². The van der Waals surface area contributed by atoms with E-state index in [0.717, 1.165) is 0 Å². The van der Waals surface area contributed by atoms with Crippen LogP contribution in [0, 0.1) is 0 Å². The number of amides is 2. The van der Waals surface area contributed by atoms with Crippen molar-refractivity contribution in [3.63, 3.8) is 0 Å². The van der Waals surface area contributed by atoms with Crippen molar-refractivity contribution in [1.82, 2.24) is 30.4 Å². The molecule has 2 amide bonds. The number of phenolic OH excluding ortho intramolecular Hbond substituents is 1. The Labute approximate surface area is 221 Å². The Morgan fingerprint density at radius 2 is 1.81 bits per heavy atom. The molecule has 10 nitrogen and oxygen atoms in total. The monoisotopic (exact) mass is 528 g/mol. The van der Waals surface area contributed by atoms with Crippen molar-refractivity contribution in [2.75, 3.05) is 19.8 Å². The van der Waals surface area contributed by atoms with E-state index in [0.29, 0.717) is 41.6 Å². The highest BCUT2D eigenvalue weighted by molar-refractivity contribution is 6.30. The first kappa shape index (κ1) is 28.1. The number of tetrazole rings is 1. The van der Waals surface area contributed by atoms with Gasteiger partial charge in [-0.15, -0.1) is 10.2 Å². The number of halogens is 1. The number of aromatic hydroxyl groups is 1. The highest BCUT2D eigenvalue weighted by atomic mass is 35.5. The number of nitrogens with zero attached hydrogens (tertiary/aromatic N) is 5. The predicted octanol–water partition coefficient (Wildman–Crippen LogP) is 3.61. The lowest BCUT2D eigenvalue weighted by atomic mass is 10.0. The number of benzene rings is 2. The Morgan fingerprint density at radius 3 is 2.43 bits per heavy atom. The molecule has 0 aliphatic carbocycles. The molecule has 0 radical (unpaired) electrons. The van der Waals surface area contributed by atoms with Crippen molar-refractivity contribution >= 4 is 23.4 Å². The van der Waals surface area contributed by atoms with Gasteiger partial charge in [-0.1, -0.05) is 23.7 Å². The Kier molecular flexibility index (Phi) is 9.60. The Bertz CT molecular complexity index is 1180. The first-order valence-electron chi connectivity index (χ1n) is 12.1. The van der Waals surface area contributed by atoms with Crippen LogP contribution in [0.4, 0.5) is 0 Å². The number of hydrogen-bond donors (Lipinski definition) is 2. The van der Waals surface area contributed by atoms with Gasteiger partial charge in [0.15, 0.2) is 0 Å². The fourth-order valence-corrected chi connectivity index (χ4v) is 3.81. The second-order valence-corrected chi connectivity index (χ2v) is 9.96. The van der Waals surface area contributed by atoms with Gasteiger partial charge in [0.05, 0.1) is 0 Å². The molecule has 3 aromatic rings. The molecule has 1 heterocycles. The molecule has 0 aliphatic rings. The van der Waals surface area contributed by atoms with E-state index >= 15 is 0 Å². The number of carbonyl (C=O) groups excluding carboxylic acids is 2. The number of carbonyl (C=O) groups is 2. The lowest BCUT2D eigenvalue weighted by Gasteiger charge is -2.33. The maximum Gasteiger partial charge on any atom is 0.247 e. The van der Waals surface area contributed by atoms with Gasteiger partial charge in [-0.25, -0.2) is 0 Å². The quantitative estimate of drug-likeness (QED) is 0.364. The van der Waals surface area contributed by atoms with Crippen LogP contribution in [-0.4, -0.2) is 67.3 Å². The Morgan fingerprint density at radius 1 is 1.14 bits per heavy atom. The summed E-state index contributed by atoms with van der Waals surface area (Å²) in [4.78, 5) is 29.8. The van der Waals surface area contributed by atoms with E-state index in [1.807, 2.05) is 27.7 Å². The van der Waals surface area contributed by atoms with Gasteiger partial charge in [0.1, 0.15) is 18.3 Å². The van der Waals surface area contributed by atoms with Crippen LogP contribution >= 0.6 is 11.6 Å². The number of rotatable bonds is 11. The summed E-state index contributed by atoms with van der Waals surface area (Å²) in [5, 5.41) is 25.8. The molecule has 37 heavy (non-hydrogen) atoms. The van der Waals surface area contributed by atoms with E-state index in [1.165, 1.54) is 21.8 Å². The predicted molar refractivity (Wildman–Crippen MR) is 140 cm³/mol. The SMILES string of the molecule is CCOCCCN(C(=O)Cn1nnc(-c2ccc(Cl)cc2)n1)C(C(=O)NC(C)(C)C)c1ccc(O)cc1. The van der Waals surface area contributed by atoms with Gasteiger partial charge in [-0.05, 0) is 81.3 Å². The molecule has 1 unspecified atom stereocenters. The lowest BCUT2D eigenvalue weighted by Crippen LogP contribution is -2.50. The van der Waals surface area contributed by atoms with Gasteiger partial charge in [0.2, 0.25) is 17.6 Å². The lowest BCUT2D eigenvalue weighted by molar-refractivity contribution is -0.142. The van der Waals surface area contributed by atoms with Gasteiger partial charge < -0.3 is 20.1 Å². The number of nitrogens with one attached hydrogen (secondary N) is 1. The van der Waals surface area contributed by atoms with Crippen molar-refractivity contribution in [1.29, 1.82) is 0 Å². The van der Waals surface area contributed by atoms with E-state index in [-0.39, 0.29) is 30.7 Å². The molecule has 0 bridgehead atoms. The molecule has 198 valence electrons. The fraction of sp³-hybridized carbons (Fsp3) is 0.423. The van der Waals surface area contributed by atoms with Crippen molar-refractivity contribution in [3.05, 3.63) is 59.1 Å². The molecule has 3 rings (SSSR count). The topological polar surface area (TPSA) is 122 Å². The third-order valence-corrected chi connectivity index (χ3v) is 5.56. The third-order valence-electron chi connectivity index (χ3n) is 5.31. The number of hydrogen-bond acceptors (Lipinski definition) is 7. The maximum atomic E-state index is 13.6. The summed E-state index contributed by atoms with van der Waals surface area (Å²) in [6, 6.07) is 12.3. The smallest absolute Gasteiger partial charge is 0.247 e. The average molecular weight is 529 g/mol. The highest BCUT2D eigenvalue weighted by Gasteiger charge is 2.33. The molecule has 1 atom stereocenters. The van der Waals surface area contributed by atoms with Crippen LogP contribution in [0.5, 0.6) is 5.75 Å². The average Bonchev–Trinajstić information content (AvgIpc) is 3.29. The zero-order valence-corrected chi connectivity index (χ0v) is 22.3. The van der Waals surface area contributed by atoms with E-state index in [1.54, 1.807) is 36.4 Å². The van der Waals surface area contributed by atoms with Crippen molar-refractivity contribution in [2.45, 2.75) is 52.2 Å². The normalized spacial score (nSPS) is 12.2. The number of ether oxygens (including phenoxy) is 1. The summed E-state index contributed by atoms with van der Waals surface area (Å²) in [6.45, 7) is 8.55. The summed E-state index contributed by atoms with van der Waals surface area (Å²) in [7, 11) is 0. The van der Waals surface area contributed by atoms with Crippen molar-refractivity contribution < 1.29 is 19.4 Å². The highest BCUT2D eigenvalue weighted by Crippen LogP contribution is 2.25. The van der Waals surface area contributed by atoms with Crippen LogP contribution in [0.15, 0.2) is 48.5 Å². The second kappa shape index (κ2) is 12.6. The van der Waals surface area contributed by atoms with E-state index < -0.39 is 11.6 Å². The van der Waals surface area contributed by atoms with Crippen LogP contribution in [0.25, 0.3) is 11.4 Å². The molecule has 0 aliphatic heterocycles. The summed E-state index contributed by atoms with van der Waals surface area (Å²) < 4.78 is 5.46. The minimum Gasteiger partial charge on any atom is -0.508 e. The Balaban J connectivity index is 1.90. The first-order valence-corrected chi connectivity index (χ1v) is 12.5. The van der Waals surface area contributed by atoms with Crippen LogP contribution in [0.1, 0.15) is 45.7 Å². The molecule has 0 saturated heterocycles. The molecule has 1 aromatic heterocycles. The molecular formula is C26H33ClN6O4. The summed E-state index contributed by atoms with van der Waals surface area (Å²) in [5.74, 6) is -0.280. The zero-order chi connectivity index (χ0) is 27.0. The van der Waals surface area contributed by atoms with E-state index in [2.05, 4.69) is 20.7 Å². The molecule has 0 fully saturated rings. The standard InChI is InChI=1S/C26H33ClN6O4/c1-5-37-16-6-15-32(23(25(36)28-26(2,3)4)18-9-13-21(34)14-10-18)22(35)17-33-30-24(29-31-33)19-7-11-20(27)12-8-19/h7-14,23,34H,5-6,15-17H2,1-4H3,(H,28,36). The van der Waals surface area contributed by atoms with Crippen molar-refractivity contribution in [2.24, 2.45) is 0 Å². The number of phenols is 1. The molecule has 0 saturated carbocycles. The van der Waals surface area contributed by atoms with Crippen LogP contribution in [0.2, 0.25) is 5.02 Å². The summed E-state index contributed by atoms with van der Waals surface area (Å²) in [6.07, 6.45) is 0.526. The number of aromatic nitrogens is 4. The zero-order valence-electron chi connectivity index (χ0n) is 21.5. The van der Waals surface area contributed by atoms with E-state index in [4.69, 9.17) is 16.3 Å². The molecule has 2 aromatic carbocycles. The van der Waals surface area contributed by atoms with Gasteiger partial charge in [0, 0.05) is 35.9 Å². The van der Waals surface area contributed by atoms with E-state index in [9.17, 15) is 14.7 Å². The molecule has 11 heteroatoms. The molecule has 2 N–H and O–H groups in total. The van der Waals surface area contributed by atoms with Gasteiger partial charge in [-0.3, -0.25) is 9.59 Å². The first-order chi connectivity index (χ1) is 17.6. The van der Waals surface area contributed by atoms with Crippen molar-refractivity contribution in [3.8, 4) is 17.1 Å². The second-order valence-electron chi connectivity index (χ2n) is 9.52. The van der Waals surface area contributed by atoms with Gasteiger partial charge >= 0.3 is 0 Å². The minimum atomic E-state index is -0.937. The van der Waals surface area contributed by atoms with Crippen LogP contribution in [0.3, 0.4) is 0 Å².